The lowest BCUT2D eigenvalue weighted by molar-refractivity contribution is 0.0909. The normalized spacial score (nSPS) is 16.8. The molecule has 0 aliphatic heterocycles. The lowest BCUT2D eigenvalue weighted by Crippen LogP contribution is -2.17. The van der Waals surface area contributed by atoms with Crippen LogP contribution in [0.4, 0.5) is 0 Å². The van der Waals surface area contributed by atoms with Gasteiger partial charge in [0.2, 0.25) is 0 Å². The molecular formula is C12H15N3O. The van der Waals surface area contributed by atoms with Gasteiger partial charge in [0.1, 0.15) is 5.69 Å². The van der Waals surface area contributed by atoms with Crippen LogP contribution >= 0.6 is 0 Å². The molecule has 2 rings (SSSR count). The molecule has 1 atom stereocenters. The molecule has 0 aromatic carbocycles. The molecule has 84 valence electrons. The molecule has 0 saturated heterocycles. The first-order valence-corrected chi connectivity index (χ1v) is 5.71. The summed E-state index contributed by atoms with van der Waals surface area (Å²) in [5, 5.41) is 8.68. The molecule has 1 aromatic heterocycles. The zero-order chi connectivity index (χ0) is 11.5. The summed E-state index contributed by atoms with van der Waals surface area (Å²) in [5.74, 6) is -0.118. The molecule has 0 radical (unpaired) electrons. The topological polar surface area (TPSA) is 58.7 Å². The Balaban J connectivity index is 2.19. The Kier molecular flexibility index (Phi) is 3.04. The van der Waals surface area contributed by atoms with Gasteiger partial charge in [0, 0.05) is 18.4 Å². The average molecular weight is 217 g/mol. The first kappa shape index (κ1) is 10.9. The maximum Gasteiger partial charge on any atom is 0.184 e. The van der Waals surface area contributed by atoms with E-state index in [4.69, 9.17) is 5.26 Å². The van der Waals surface area contributed by atoms with E-state index in [0.717, 1.165) is 12.8 Å². The molecule has 0 bridgehead atoms. The standard InChI is InChI=1S/C12H15N3O/c1-2-9(5-6-13)12(16)11-7-14-8-15(11)10-3-4-10/h7-10H,2-5H2,1H3. The number of hydrogen-bond donors (Lipinski definition) is 0. The van der Waals surface area contributed by atoms with Gasteiger partial charge in [-0.15, -0.1) is 0 Å². The lowest BCUT2D eigenvalue weighted by Gasteiger charge is -2.11. The van der Waals surface area contributed by atoms with Crippen LogP contribution in [0.5, 0.6) is 0 Å². The molecule has 1 aliphatic rings. The minimum absolute atomic E-state index is 0.0634. The molecule has 0 amide bonds. The third-order valence-electron chi connectivity index (χ3n) is 3.06. The van der Waals surface area contributed by atoms with Crippen LogP contribution in [-0.2, 0) is 0 Å². The summed E-state index contributed by atoms with van der Waals surface area (Å²) in [7, 11) is 0. The molecule has 4 heteroatoms. The van der Waals surface area contributed by atoms with E-state index in [-0.39, 0.29) is 11.7 Å². The number of nitriles is 1. The van der Waals surface area contributed by atoms with Crippen LogP contribution in [0.15, 0.2) is 12.5 Å². The van der Waals surface area contributed by atoms with Crippen molar-refractivity contribution in [2.24, 2.45) is 5.92 Å². The maximum atomic E-state index is 12.2. The first-order valence-electron chi connectivity index (χ1n) is 5.71. The Morgan fingerprint density at radius 3 is 3.06 bits per heavy atom. The van der Waals surface area contributed by atoms with Gasteiger partial charge >= 0.3 is 0 Å². The first-order chi connectivity index (χ1) is 7.77. The van der Waals surface area contributed by atoms with E-state index in [1.165, 1.54) is 0 Å². The SMILES string of the molecule is CCC(CC#N)C(=O)c1cncn1C1CC1. The van der Waals surface area contributed by atoms with Gasteiger partial charge < -0.3 is 4.57 Å². The number of imidazole rings is 1. The minimum atomic E-state index is -0.181. The summed E-state index contributed by atoms with van der Waals surface area (Å²) in [6.07, 6.45) is 6.62. The molecule has 16 heavy (non-hydrogen) atoms. The van der Waals surface area contributed by atoms with Crippen molar-refractivity contribution in [1.82, 2.24) is 9.55 Å². The number of rotatable bonds is 5. The summed E-state index contributed by atoms with van der Waals surface area (Å²) >= 11 is 0. The number of hydrogen-bond acceptors (Lipinski definition) is 3. The van der Waals surface area contributed by atoms with E-state index in [0.29, 0.717) is 24.6 Å². The second-order valence-corrected chi connectivity index (χ2v) is 4.25. The Labute approximate surface area is 94.9 Å². The number of ketones is 1. The smallest absolute Gasteiger partial charge is 0.184 e. The maximum absolute atomic E-state index is 12.2. The Bertz CT molecular complexity index is 426. The fourth-order valence-corrected chi connectivity index (χ4v) is 1.88. The van der Waals surface area contributed by atoms with Crippen LogP contribution in [0.1, 0.15) is 49.1 Å². The molecule has 4 nitrogen and oxygen atoms in total. The van der Waals surface area contributed by atoms with E-state index in [1.54, 1.807) is 12.5 Å². The van der Waals surface area contributed by atoms with Crippen molar-refractivity contribution in [3.8, 4) is 6.07 Å². The molecule has 0 spiro atoms. The molecule has 1 saturated carbocycles. The zero-order valence-electron chi connectivity index (χ0n) is 9.39. The molecule has 1 aromatic rings. The van der Waals surface area contributed by atoms with Crippen molar-refractivity contribution in [2.45, 2.75) is 38.6 Å². The highest BCUT2D eigenvalue weighted by Gasteiger charge is 2.29. The number of aromatic nitrogens is 2. The van der Waals surface area contributed by atoms with Gasteiger partial charge in [-0.1, -0.05) is 6.92 Å². The van der Waals surface area contributed by atoms with Gasteiger partial charge in [0.15, 0.2) is 5.78 Å². The predicted molar refractivity (Wildman–Crippen MR) is 58.8 cm³/mol. The minimum Gasteiger partial charge on any atom is -0.325 e. The second-order valence-electron chi connectivity index (χ2n) is 4.25. The lowest BCUT2D eigenvalue weighted by atomic mass is 9.96. The van der Waals surface area contributed by atoms with Crippen molar-refractivity contribution in [2.75, 3.05) is 0 Å². The highest BCUT2D eigenvalue weighted by molar-refractivity contribution is 5.96. The molecule has 1 fully saturated rings. The van der Waals surface area contributed by atoms with Crippen LogP contribution in [-0.4, -0.2) is 15.3 Å². The monoisotopic (exact) mass is 217 g/mol. The molecule has 1 aliphatic carbocycles. The summed E-state index contributed by atoms with van der Waals surface area (Å²) in [6, 6.07) is 2.53. The summed E-state index contributed by atoms with van der Waals surface area (Å²) in [6.45, 7) is 1.94. The van der Waals surface area contributed by atoms with Crippen molar-refractivity contribution < 1.29 is 4.79 Å². The average Bonchev–Trinajstić information content (AvgIpc) is 3.03. The molecular weight excluding hydrogens is 202 g/mol. The summed E-state index contributed by atoms with van der Waals surface area (Å²) in [4.78, 5) is 16.2. The Hall–Kier alpha value is -1.63. The predicted octanol–water partition coefficient (Wildman–Crippen LogP) is 2.34. The summed E-state index contributed by atoms with van der Waals surface area (Å²) < 4.78 is 1.96. The van der Waals surface area contributed by atoms with Crippen molar-refractivity contribution in [3.63, 3.8) is 0 Å². The molecule has 0 N–H and O–H groups in total. The third-order valence-corrected chi connectivity index (χ3v) is 3.06. The van der Waals surface area contributed by atoms with Gasteiger partial charge in [-0.2, -0.15) is 5.26 Å². The molecule has 1 unspecified atom stereocenters. The highest BCUT2D eigenvalue weighted by atomic mass is 16.1. The van der Waals surface area contributed by atoms with E-state index in [9.17, 15) is 4.79 Å². The van der Waals surface area contributed by atoms with Gasteiger partial charge in [0.05, 0.1) is 18.6 Å². The van der Waals surface area contributed by atoms with Crippen LogP contribution < -0.4 is 0 Å². The van der Waals surface area contributed by atoms with Gasteiger partial charge in [-0.25, -0.2) is 4.98 Å². The Morgan fingerprint density at radius 1 is 1.75 bits per heavy atom. The van der Waals surface area contributed by atoms with Gasteiger partial charge in [-0.3, -0.25) is 4.79 Å². The third kappa shape index (κ3) is 1.99. The Morgan fingerprint density at radius 2 is 2.50 bits per heavy atom. The quantitative estimate of drug-likeness (QED) is 0.711. The van der Waals surface area contributed by atoms with Crippen molar-refractivity contribution >= 4 is 5.78 Å². The summed E-state index contributed by atoms with van der Waals surface area (Å²) in [5.41, 5.74) is 0.671. The van der Waals surface area contributed by atoms with Gasteiger partial charge in [-0.05, 0) is 19.3 Å². The van der Waals surface area contributed by atoms with Crippen LogP contribution in [0.3, 0.4) is 0 Å². The van der Waals surface area contributed by atoms with E-state index in [1.807, 2.05) is 11.5 Å². The fourth-order valence-electron chi connectivity index (χ4n) is 1.88. The van der Waals surface area contributed by atoms with Crippen LogP contribution in [0.2, 0.25) is 0 Å². The number of carbonyl (C=O) groups excluding carboxylic acids is 1. The molecule has 1 heterocycles. The van der Waals surface area contributed by atoms with E-state index < -0.39 is 0 Å². The number of Topliss-reactive ketones (excluding diaryl/α,β-unsaturated/α-hetero) is 1. The number of nitrogens with zero attached hydrogens (tertiary/aromatic N) is 3. The van der Waals surface area contributed by atoms with E-state index >= 15 is 0 Å². The number of carbonyl (C=O) groups is 1. The highest BCUT2D eigenvalue weighted by Crippen LogP contribution is 2.36. The fraction of sp³-hybridized carbons (Fsp3) is 0.583. The van der Waals surface area contributed by atoms with E-state index in [2.05, 4.69) is 11.1 Å². The zero-order valence-corrected chi connectivity index (χ0v) is 9.39. The van der Waals surface area contributed by atoms with Crippen molar-refractivity contribution in [3.05, 3.63) is 18.2 Å². The van der Waals surface area contributed by atoms with Crippen LogP contribution in [0, 0.1) is 17.2 Å². The second kappa shape index (κ2) is 4.48. The largest absolute Gasteiger partial charge is 0.325 e. The van der Waals surface area contributed by atoms with Crippen LogP contribution in [0.25, 0.3) is 0 Å². The van der Waals surface area contributed by atoms with Gasteiger partial charge in [0.25, 0.3) is 0 Å². The van der Waals surface area contributed by atoms with Crippen molar-refractivity contribution in [1.29, 1.82) is 5.26 Å².